The summed E-state index contributed by atoms with van der Waals surface area (Å²) >= 11 is 0. The van der Waals surface area contributed by atoms with Crippen molar-refractivity contribution in [3.05, 3.63) is 53.3 Å². The lowest BCUT2D eigenvalue weighted by molar-refractivity contribution is -0.133. The van der Waals surface area contributed by atoms with Gasteiger partial charge in [0.15, 0.2) is 0 Å². The number of carbonyl (C=O) groups is 1. The van der Waals surface area contributed by atoms with E-state index in [0.717, 1.165) is 44.7 Å². The molecule has 6 heteroatoms. The van der Waals surface area contributed by atoms with Crippen molar-refractivity contribution in [3.8, 4) is 6.07 Å². The van der Waals surface area contributed by atoms with Gasteiger partial charge in [0.2, 0.25) is 5.91 Å². The summed E-state index contributed by atoms with van der Waals surface area (Å²) in [4.78, 5) is 16.7. The number of piperazine rings is 1. The second kappa shape index (κ2) is 7.95. The number of hydrogen-bond acceptors (Lipinski definition) is 4. The quantitative estimate of drug-likeness (QED) is 0.831. The van der Waals surface area contributed by atoms with Crippen LogP contribution in [-0.4, -0.2) is 51.7 Å². The van der Waals surface area contributed by atoms with Crippen LogP contribution in [-0.2, 0) is 24.8 Å². The van der Waals surface area contributed by atoms with Crippen LogP contribution in [0.1, 0.15) is 23.1 Å². The Hall–Kier alpha value is -2.65. The van der Waals surface area contributed by atoms with Crippen molar-refractivity contribution in [2.24, 2.45) is 7.05 Å². The number of hydrogen-bond donors (Lipinski definition) is 0. The molecule has 1 aromatic heterocycles. The van der Waals surface area contributed by atoms with Crippen molar-refractivity contribution in [3.63, 3.8) is 0 Å². The van der Waals surface area contributed by atoms with Crippen molar-refractivity contribution in [2.45, 2.75) is 19.4 Å². The third-order valence-electron chi connectivity index (χ3n) is 4.60. The molecule has 6 nitrogen and oxygen atoms in total. The molecule has 1 aromatic carbocycles. The fourth-order valence-corrected chi connectivity index (χ4v) is 3.11. The van der Waals surface area contributed by atoms with E-state index in [1.165, 1.54) is 5.56 Å². The van der Waals surface area contributed by atoms with Gasteiger partial charge in [-0.1, -0.05) is 12.1 Å². The molecule has 1 aliphatic rings. The van der Waals surface area contributed by atoms with Gasteiger partial charge in [0, 0.05) is 52.4 Å². The number of rotatable bonds is 5. The smallest absolute Gasteiger partial charge is 0.222 e. The van der Waals surface area contributed by atoms with Gasteiger partial charge in [0.25, 0.3) is 0 Å². The van der Waals surface area contributed by atoms with E-state index < -0.39 is 0 Å². The third-order valence-corrected chi connectivity index (χ3v) is 4.60. The van der Waals surface area contributed by atoms with Crippen molar-refractivity contribution in [1.29, 1.82) is 5.26 Å². The molecule has 1 amide bonds. The van der Waals surface area contributed by atoms with E-state index in [2.05, 4.69) is 16.1 Å². The zero-order valence-corrected chi connectivity index (χ0v) is 14.6. The van der Waals surface area contributed by atoms with Gasteiger partial charge in [0.1, 0.15) is 0 Å². The van der Waals surface area contributed by atoms with E-state index >= 15 is 0 Å². The molecule has 1 fully saturated rings. The van der Waals surface area contributed by atoms with Crippen LogP contribution in [0.4, 0.5) is 0 Å². The lowest BCUT2D eigenvalue weighted by Crippen LogP contribution is -2.48. The van der Waals surface area contributed by atoms with Crippen LogP contribution in [0.5, 0.6) is 0 Å². The molecule has 0 atom stereocenters. The van der Waals surface area contributed by atoms with Crippen molar-refractivity contribution in [2.75, 3.05) is 26.2 Å². The second-order valence-corrected chi connectivity index (χ2v) is 6.49. The third kappa shape index (κ3) is 4.68. The Kier molecular flexibility index (Phi) is 5.46. The molecular formula is C19H23N5O. The van der Waals surface area contributed by atoms with E-state index in [-0.39, 0.29) is 5.91 Å². The number of aryl methyl sites for hydroxylation is 2. The van der Waals surface area contributed by atoms with Gasteiger partial charge in [-0.2, -0.15) is 10.4 Å². The molecule has 2 aromatic rings. The van der Waals surface area contributed by atoms with Crippen molar-refractivity contribution in [1.82, 2.24) is 19.6 Å². The first-order valence-corrected chi connectivity index (χ1v) is 8.61. The van der Waals surface area contributed by atoms with E-state index in [4.69, 9.17) is 5.26 Å². The summed E-state index contributed by atoms with van der Waals surface area (Å²) in [5, 5.41) is 13.0. The average Bonchev–Trinajstić information content (AvgIpc) is 3.06. The first-order chi connectivity index (χ1) is 12.1. The predicted molar refractivity (Wildman–Crippen MR) is 94.5 cm³/mol. The van der Waals surface area contributed by atoms with E-state index in [1.807, 2.05) is 48.6 Å². The fraction of sp³-hybridized carbons (Fsp3) is 0.421. The first kappa shape index (κ1) is 17.2. The van der Waals surface area contributed by atoms with Crippen LogP contribution in [0.25, 0.3) is 0 Å². The number of amides is 1. The predicted octanol–water partition coefficient (Wildman–Crippen LogP) is 1.57. The summed E-state index contributed by atoms with van der Waals surface area (Å²) in [5.41, 5.74) is 3.00. The molecule has 2 heterocycles. The summed E-state index contributed by atoms with van der Waals surface area (Å²) in [6.45, 7) is 4.20. The van der Waals surface area contributed by atoms with Gasteiger partial charge in [-0.15, -0.1) is 0 Å². The average molecular weight is 337 g/mol. The molecule has 1 aliphatic heterocycles. The largest absolute Gasteiger partial charge is 0.340 e. The summed E-state index contributed by atoms with van der Waals surface area (Å²) in [5.74, 6) is 0.224. The highest BCUT2D eigenvalue weighted by atomic mass is 16.2. The van der Waals surface area contributed by atoms with Crippen LogP contribution >= 0.6 is 0 Å². The number of benzene rings is 1. The lowest BCUT2D eigenvalue weighted by atomic mass is 10.1. The molecular weight excluding hydrogens is 314 g/mol. The van der Waals surface area contributed by atoms with Gasteiger partial charge in [0.05, 0.1) is 17.8 Å². The molecule has 0 unspecified atom stereocenters. The zero-order chi connectivity index (χ0) is 17.6. The molecule has 0 bridgehead atoms. The highest BCUT2D eigenvalue weighted by molar-refractivity contribution is 5.76. The molecule has 0 saturated carbocycles. The van der Waals surface area contributed by atoms with Gasteiger partial charge in [-0.05, 0) is 29.7 Å². The topological polar surface area (TPSA) is 65.2 Å². The van der Waals surface area contributed by atoms with Crippen LogP contribution in [0.3, 0.4) is 0 Å². The first-order valence-electron chi connectivity index (χ1n) is 8.61. The summed E-state index contributed by atoms with van der Waals surface area (Å²) in [7, 11) is 1.89. The Morgan fingerprint density at radius 2 is 1.88 bits per heavy atom. The minimum atomic E-state index is 0.224. The minimum Gasteiger partial charge on any atom is -0.340 e. The van der Waals surface area contributed by atoms with E-state index in [0.29, 0.717) is 12.0 Å². The Labute approximate surface area is 148 Å². The highest BCUT2D eigenvalue weighted by Crippen LogP contribution is 2.11. The van der Waals surface area contributed by atoms with Crippen molar-refractivity contribution < 1.29 is 4.79 Å². The van der Waals surface area contributed by atoms with Gasteiger partial charge in [-0.3, -0.25) is 14.4 Å². The summed E-state index contributed by atoms with van der Waals surface area (Å²) in [6.07, 6.45) is 5.07. The number of carbonyl (C=O) groups excluding carboxylic acids is 1. The number of nitrogens with zero attached hydrogens (tertiary/aromatic N) is 5. The van der Waals surface area contributed by atoms with Crippen LogP contribution in [0.2, 0.25) is 0 Å². The van der Waals surface area contributed by atoms with E-state index in [9.17, 15) is 4.79 Å². The maximum Gasteiger partial charge on any atom is 0.222 e. The van der Waals surface area contributed by atoms with E-state index in [1.54, 1.807) is 4.68 Å². The molecule has 0 radical (unpaired) electrons. The molecule has 130 valence electrons. The van der Waals surface area contributed by atoms with Crippen LogP contribution < -0.4 is 0 Å². The van der Waals surface area contributed by atoms with Gasteiger partial charge < -0.3 is 4.90 Å². The second-order valence-electron chi connectivity index (χ2n) is 6.49. The monoisotopic (exact) mass is 337 g/mol. The highest BCUT2D eigenvalue weighted by Gasteiger charge is 2.21. The molecule has 1 saturated heterocycles. The Morgan fingerprint density at radius 3 is 2.48 bits per heavy atom. The molecule has 0 N–H and O–H groups in total. The van der Waals surface area contributed by atoms with Gasteiger partial charge in [-0.25, -0.2) is 0 Å². The maximum atomic E-state index is 12.4. The van der Waals surface area contributed by atoms with Crippen molar-refractivity contribution >= 4 is 5.91 Å². The Bertz CT molecular complexity index is 751. The standard InChI is InChI=1S/C19H23N5O/c1-22-14-18(13-21-22)6-7-19(25)24-10-8-23(9-11-24)15-17-4-2-16(12-20)3-5-17/h2-5,13-14H,6-11,15H2,1H3. The lowest BCUT2D eigenvalue weighted by Gasteiger charge is -2.34. The molecule has 0 spiro atoms. The van der Waals surface area contributed by atoms with Gasteiger partial charge >= 0.3 is 0 Å². The number of nitriles is 1. The summed E-state index contributed by atoms with van der Waals surface area (Å²) < 4.78 is 1.77. The summed E-state index contributed by atoms with van der Waals surface area (Å²) in [6, 6.07) is 9.86. The number of aromatic nitrogens is 2. The fourth-order valence-electron chi connectivity index (χ4n) is 3.11. The zero-order valence-electron chi connectivity index (χ0n) is 14.6. The minimum absolute atomic E-state index is 0.224. The van der Waals surface area contributed by atoms with Crippen LogP contribution in [0, 0.1) is 11.3 Å². The van der Waals surface area contributed by atoms with Crippen LogP contribution in [0.15, 0.2) is 36.7 Å². The Balaban J connectivity index is 1.43. The maximum absolute atomic E-state index is 12.4. The molecule has 3 rings (SSSR count). The SMILES string of the molecule is Cn1cc(CCC(=O)N2CCN(Cc3ccc(C#N)cc3)CC2)cn1. The molecule has 25 heavy (non-hydrogen) atoms. The normalized spacial score (nSPS) is 15.1. The Morgan fingerprint density at radius 1 is 1.16 bits per heavy atom. The molecule has 0 aliphatic carbocycles.